The number of ether oxygens (including phenoxy) is 1. The number of anilines is 2. The molecule has 3 aromatic rings. The van der Waals surface area contributed by atoms with Crippen molar-refractivity contribution in [1.29, 1.82) is 0 Å². The zero-order valence-electron chi connectivity index (χ0n) is 16.6. The lowest BCUT2D eigenvalue weighted by molar-refractivity contribution is -0.137. The monoisotopic (exact) mass is 479 g/mol. The summed E-state index contributed by atoms with van der Waals surface area (Å²) in [6, 6.07) is 7.37. The average molecular weight is 480 g/mol. The maximum atomic E-state index is 13.1. The normalized spacial score (nSPS) is 16.2. The van der Waals surface area contributed by atoms with Crippen LogP contribution in [0.15, 0.2) is 52.9 Å². The van der Waals surface area contributed by atoms with Gasteiger partial charge in [0.05, 0.1) is 23.7 Å². The molecule has 4 rings (SSSR count). The Balaban J connectivity index is 1.74. The molecule has 32 heavy (non-hydrogen) atoms. The minimum atomic E-state index is -4.56. The van der Waals surface area contributed by atoms with E-state index in [4.69, 9.17) is 11.3 Å². The van der Waals surface area contributed by atoms with Crippen LogP contribution in [-0.4, -0.2) is 26.1 Å². The molecule has 0 N–H and O–H groups in total. The van der Waals surface area contributed by atoms with E-state index in [1.54, 1.807) is 23.3 Å². The maximum absolute atomic E-state index is 13.1. The Morgan fingerprint density at radius 1 is 1.25 bits per heavy atom. The Kier molecular flexibility index (Phi) is 5.60. The number of hydrogen-bond acceptors (Lipinski definition) is 6. The molecule has 2 aromatic carbocycles. The van der Waals surface area contributed by atoms with E-state index in [-0.39, 0.29) is 34.7 Å². The summed E-state index contributed by atoms with van der Waals surface area (Å²) in [5.41, 5.74) is -0.290. The van der Waals surface area contributed by atoms with Crippen molar-refractivity contribution in [2.75, 3.05) is 11.4 Å². The quantitative estimate of drug-likeness (QED) is 0.456. The number of fused-ring (bicyclic) bond motifs is 1. The zero-order chi connectivity index (χ0) is 23.1. The van der Waals surface area contributed by atoms with Crippen molar-refractivity contribution in [3.05, 3.63) is 70.0 Å². The SMILES string of the molecule is [C-]#[N+]c1cc(C(F)(F)F)ccc1N1C[C@@H](C)Oc2cc(S(=O)(=O)Cc3nccs3)ccc21. The van der Waals surface area contributed by atoms with Gasteiger partial charge in [0.15, 0.2) is 9.84 Å². The summed E-state index contributed by atoms with van der Waals surface area (Å²) in [6.45, 7) is 9.41. The molecule has 166 valence electrons. The summed E-state index contributed by atoms with van der Waals surface area (Å²) in [5.74, 6) is 0.0311. The molecule has 0 radical (unpaired) electrons. The highest BCUT2D eigenvalue weighted by molar-refractivity contribution is 7.90. The molecular weight excluding hydrogens is 463 g/mol. The number of hydrogen-bond donors (Lipinski definition) is 0. The lowest BCUT2D eigenvalue weighted by atomic mass is 10.1. The van der Waals surface area contributed by atoms with Crippen LogP contribution < -0.4 is 9.64 Å². The molecule has 0 unspecified atom stereocenters. The fourth-order valence-electron chi connectivity index (χ4n) is 3.43. The van der Waals surface area contributed by atoms with Crippen molar-refractivity contribution in [3.63, 3.8) is 0 Å². The highest BCUT2D eigenvalue weighted by atomic mass is 32.2. The van der Waals surface area contributed by atoms with E-state index in [0.717, 1.165) is 12.1 Å². The average Bonchev–Trinajstić information content (AvgIpc) is 3.23. The third-order valence-electron chi connectivity index (χ3n) is 4.86. The minimum Gasteiger partial charge on any atom is -0.487 e. The van der Waals surface area contributed by atoms with Gasteiger partial charge < -0.3 is 9.64 Å². The molecule has 1 atom stereocenters. The summed E-state index contributed by atoms with van der Waals surface area (Å²) < 4.78 is 70.7. The van der Waals surface area contributed by atoms with E-state index in [1.807, 2.05) is 0 Å². The Hall–Kier alpha value is -3.10. The van der Waals surface area contributed by atoms with Crippen LogP contribution >= 0.6 is 11.3 Å². The molecule has 1 aliphatic heterocycles. The van der Waals surface area contributed by atoms with Crippen molar-refractivity contribution < 1.29 is 26.3 Å². The van der Waals surface area contributed by atoms with Crippen LogP contribution in [0, 0.1) is 6.57 Å². The van der Waals surface area contributed by atoms with E-state index in [0.29, 0.717) is 16.4 Å². The summed E-state index contributed by atoms with van der Waals surface area (Å²) in [7, 11) is -3.68. The van der Waals surface area contributed by atoms with Crippen LogP contribution in [0.3, 0.4) is 0 Å². The van der Waals surface area contributed by atoms with Gasteiger partial charge in [-0.05, 0) is 31.2 Å². The smallest absolute Gasteiger partial charge is 0.415 e. The Morgan fingerprint density at radius 2 is 2.00 bits per heavy atom. The van der Waals surface area contributed by atoms with Crippen molar-refractivity contribution >= 4 is 38.2 Å². The van der Waals surface area contributed by atoms with Crippen molar-refractivity contribution in [2.45, 2.75) is 29.9 Å². The standard InChI is InChI=1S/C21H16F3N3O3S2/c1-13-11-27(17-5-3-14(21(22,23)24)9-16(17)25-2)18-6-4-15(10-19(18)30-13)32(28,29)12-20-26-7-8-31-20/h3-10,13H,11-12H2,1H3/t13-/m1/s1. The molecule has 0 saturated heterocycles. The lowest BCUT2D eigenvalue weighted by Crippen LogP contribution is -2.35. The molecular formula is C21H16F3N3O3S2. The largest absolute Gasteiger partial charge is 0.487 e. The Labute approximate surface area is 186 Å². The Bertz CT molecular complexity index is 1300. The minimum absolute atomic E-state index is 0.0540. The van der Waals surface area contributed by atoms with Crippen LogP contribution in [0.1, 0.15) is 17.5 Å². The van der Waals surface area contributed by atoms with Gasteiger partial charge in [-0.2, -0.15) is 13.2 Å². The third kappa shape index (κ3) is 4.28. The van der Waals surface area contributed by atoms with Crippen LogP contribution in [0.25, 0.3) is 4.85 Å². The van der Waals surface area contributed by atoms with Crippen molar-refractivity contribution in [1.82, 2.24) is 4.98 Å². The predicted molar refractivity (Wildman–Crippen MR) is 114 cm³/mol. The van der Waals surface area contributed by atoms with Gasteiger partial charge in [-0.25, -0.2) is 18.2 Å². The summed E-state index contributed by atoms with van der Waals surface area (Å²) in [6.07, 6.45) is -3.42. The first-order valence-electron chi connectivity index (χ1n) is 9.36. The number of halogens is 3. The number of rotatable bonds is 4. The number of nitrogens with zero attached hydrogens (tertiary/aromatic N) is 3. The van der Waals surface area contributed by atoms with Gasteiger partial charge in [-0.3, -0.25) is 0 Å². The summed E-state index contributed by atoms with van der Waals surface area (Å²) in [4.78, 5) is 9.02. The van der Waals surface area contributed by atoms with Gasteiger partial charge in [0.2, 0.25) is 5.69 Å². The molecule has 11 heteroatoms. The van der Waals surface area contributed by atoms with Gasteiger partial charge in [0, 0.05) is 28.9 Å². The van der Waals surface area contributed by atoms with E-state index in [2.05, 4.69) is 9.83 Å². The number of sulfone groups is 1. The molecule has 6 nitrogen and oxygen atoms in total. The van der Waals surface area contributed by atoms with Crippen molar-refractivity contribution in [2.24, 2.45) is 0 Å². The van der Waals surface area contributed by atoms with Crippen LogP contribution in [0.2, 0.25) is 0 Å². The van der Waals surface area contributed by atoms with Crippen LogP contribution in [0.4, 0.5) is 30.2 Å². The molecule has 0 amide bonds. The molecule has 0 fully saturated rings. The zero-order valence-corrected chi connectivity index (χ0v) is 18.3. The second-order valence-corrected chi connectivity index (χ2v) is 10.1. The van der Waals surface area contributed by atoms with E-state index < -0.39 is 21.6 Å². The summed E-state index contributed by atoms with van der Waals surface area (Å²) in [5, 5.41) is 2.16. The predicted octanol–water partition coefficient (Wildman–Crippen LogP) is 5.61. The molecule has 1 aromatic heterocycles. The number of benzene rings is 2. The van der Waals surface area contributed by atoms with E-state index >= 15 is 0 Å². The highest BCUT2D eigenvalue weighted by Gasteiger charge is 2.33. The van der Waals surface area contributed by atoms with E-state index in [9.17, 15) is 21.6 Å². The lowest BCUT2D eigenvalue weighted by Gasteiger charge is -2.36. The summed E-state index contributed by atoms with van der Waals surface area (Å²) >= 11 is 1.24. The second kappa shape index (κ2) is 8.11. The molecule has 0 saturated carbocycles. The first-order valence-corrected chi connectivity index (χ1v) is 11.9. The highest BCUT2D eigenvalue weighted by Crippen LogP contribution is 2.44. The van der Waals surface area contributed by atoms with Gasteiger partial charge in [-0.15, -0.1) is 11.3 Å². The van der Waals surface area contributed by atoms with Gasteiger partial charge in [-0.1, -0.05) is 6.07 Å². The first kappa shape index (κ1) is 22.1. The molecule has 0 aliphatic carbocycles. The second-order valence-electron chi connectivity index (χ2n) is 7.17. The maximum Gasteiger partial charge on any atom is 0.415 e. The molecule has 0 spiro atoms. The number of alkyl halides is 3. The third-order valence-corrected chi connectivity index (χ3v) is 7.45. The number of aromatic nitrogens is 1. The fourth-order valence-corrected chi connectivity index (χ4v) is 5.70. The van der Waals surface area contributed by atoms with Crippen LogP contribution in [-0.2, 0) is 21.8 Å². The van der Waals surface area contributed by atoms with Crippen LogP contribution in [0.5, 0.6) is 5.75 Å². The topological polar surface area (TPSA) is 63.9 Å². The molecule has 2 heterocycles. The van der Waals surface area contributed by atoms with E-state index in [1.165, 1.54) is 35.7 Å². The van der Waals surface area contributed by atoms with Gasteiger partial charge in [0.1, 0.15) is 22.6 Å². The van der Waals surface area contributed by atoms with Crippen molar-refractivity contribution in [3.8, 4) is 5.75 Å². The number of thiazole rings is 1. The van der Waals surface area contributed by atoms with Gasteiger partial charge in [0.25, 0.3) is 0 Å². The van der Waals surface area contributed by atoms with Gasteiger partial charge >= 0.3 is 6.18 Å². The Morgan fingerprint density at radius 3 is 2.66 bits per heavy atom. The molecule has 0 bridgehead atoms. The molecule has 1 aliphatic rings. The fraction of sp³-hybridized carbons (Fsp3) is 0.238. The first-order chi connectivity index (χ1) is 15.1.